The first-order valence-corrected chi connectivity index (χ1v) is 5.88. The molecule has 0 atom stereocenters. The molecule has 0 N–H and O–H groups in total. The molecule has 0 aliphatic carbocycles. The Morgan fingerprint density at radius 2 is 2.06 bits per heavy atom. The number of hydrogen-bond acceptors (Lipinski definition) is 2. The second-order valence-electron chi connectivity index (χ2n) is 5.55. The number of aromatic nitrogens is 2. The standard InChI is InChI=1S/C13H22N2O/c1-10(2)15-9-8-11(14-15)6-7-12(16)13(3,4)5/h8-10H,6-7H2,1-5H3. The molecule has 0 aliphatic heterocycles. The second kappa shape index (κ2) is 4.81. The van der Waals surface area contributed by atoms with Gasteiger partial charge in [0.05, 0.1) is 5.69 Å². The van der Waals surface area contributed by atoms with Crippen molar-refractivity contribution in [2.24, 2.45) is 5.41 Å². The Balaban J connectivity index is 2.52. The van der Waals surface area contributed by atoms with Crippen LogP contribution in [0.25, 0.3) is 0 Å². The summed E-state index contributed by atoms with van der Waals surface area (Å²) in [5.74, 6) is 0.298. The molecule has 3 nitrogen and oxygen atoms in total. The smallest absolute Gasteiger partial charge is 0.138 e. The van der Waals surface area contributed by atoms with Gasteiger partial charge in [-0.25, -0.2) is 0 Å². The van der Waals surface area contributed by atoms with Gasteiger partial charge >= 0.3 is 0 Å². The summed E-state index contributed by atoms with van der Waals surface area (Å²) in [6.07, 6.45) is 3.30. The van der Waals surface area contributed by atoms with Crippen LogP contribution in [0.2, 0.25) is 0 Å². The van der Waals surface area contributed by atoms with E-state index in [1.165, 1.54) is 0 Å². The highest BCUT2D eigenvalue weighted by Crippen LogP contribution is 2.18. The van der Waals surface area contributed by atoms with Gasteiger partial charge in [-0.2, -0.15) is 5.10 Å². The molecular formula is C13H22N2O. The molecule has 0 unspecified atom stereocenters. The number of rotatable bonds is 4. The molecule has 0 saturated carbocycles. The lowest BCUT2D eigenvalue weighted by Gasteiger charge is -2.15. The molecule has 1 aromatic rings. The van der Waals surface area contributed by atoms with Gasteiger partial charge in [0, 0.05) is 24.1 Å². The largest absolute Gasteiger partial charge is 0.299 e. The van der Waals surface area contributed by atoms with Gasteiger partial charge in [-0.15, -0.1) is 0 Å². The third kappa shape index (κ3) is 3.47. The first-order chi connectivity index (χ1) is 7.30. The normalized spacial score (nSPS) is 12.1. The Kier molecular flexibility index (Phi) is 3.89. The zero-order chi connectivity index (χ0) is 12.3. The number of ketones is 1. The van der Waals surface area contributed by atoms with Crippen molar-refractivity contribution < 1.29 is 4.79 Å². The molecule has 0 saturated heterocycles. The Bertz CT molecular complexity index is 358. The predicted molar refractivity (Wildman–Crippen MR) is 65.4 cm³/mol. The molecule has 0 fully saturated rings. The van der Waals surface area contributed by atoms with Gasteiger partial charge in [0.1, 0.15) is 5.78 Å². The lowest BCUT2D eigenvalue weighted by atomic mass is 9.88. The summed E-state index contributed by atoms with van der Waals surface area (Å²) in [4.78, 5) is 11.7. The number of nitrogens with zero attached hydrogens (tertiary/aromatic N) is 2. The molecule has 0 amide bonds. The van der Waals surface area contributed by atoms with Crippen molar-refractivity contribution in [1.82, 2.24) is 9.78 Å². The average Bonchev–Trinajstić information content (AvgIpc) is 2.60. The van der Waals surface area contributed by atoms with Crippen molar-refractivity contribution in [3.8, 4) is 0 Å². The third-order valence-corrected chi connectivity index (χ3v) is 2.64. The lowest BCUT2D eigenvalue weighted by molar-refractivity contribution is -0.126. The van der Waals surface area contributed by atoms with E-state index >= 15 is 0 Å². The minimum absolute atomic E-state index is 0.236. The summed E-state index contributed by atoms with van der Waals surface area (Å²) in [5.41, 5.74) is 0.770. The fraction of sp³-hybridized carbons (Fsp3) is 0.692. The summed E-state index contributed by atoms with van der Waals surface area (Å²) in [6, 6.07) is 2.38. The fourth-order valence-electron chi connectivity index (χ4n) is 1.41. The highest BCUT2D eigenvalue weighted by atomic mass is 16.1. The fourth-order valence-corrected chi connectivity index (χ4v) is 1.41. The summed E-state index contributed by atoms with van der Waals surface area (Å²) in [6.45, 7) is 10.1. The van der Waals surface area contributed by atoms with E-state index in [1.54, 1.807) is 0 Å². The summed E-state index contributed by atoms with van der Waals surface area (Å²) < 4.78 is 1.93. The van der Waals surface area contributed by atoms with Crippen LogP contribution in [0.1, 0.15) is 52.8 Å². The molecule has 90 valence electrons. The lowest BCUT2D eigenvalue weighted by Crippen LogP contribution is -2.20. The molecular weight excluding hydrogens is 200 g/mol. The maximum absolute atomic E-state index is 11.7. The van der Waals surface area contributed by atoms with Crippen molar-refractivity contribution in [2.75, 3.05) is 0 Å². The molecule has 1 aromatic heterocycles. The SMILES string of the molecule is CC(C)n1ccc(CCC(=O)C(C)(C)C)n1. The maximum Gasteiger partial charge on any atom is 0.138 e. The maximum atomic E-state index is 11.7. The molecule has 0 bridgehead atoms. The minimum Gasteiger partial charge on any atom is -0.299 e. The quantitative estimate of drug-likeness (QED) is 0.785. The molecule has 16 heavy (non-hydrogen) atoms. The van der Waals surface area contributed by atoms with Gasteiger partial charge in [-0.3, -0.25) is 9.48 Å². The highest BCUT2D eigenvalue weighted by molar-refractivity contribution is 5.83. The van der Waals surface area contributed by atoms with Gasteiger partial charge in [-0.05, 0) is 26.3 Å². The van der Waals surface area contributed by atoms with Crippen molar-refractivity contribution >= 4 is 5.78 Å². The molecule has 0 spiro atoms. The second-order valence-corrected chi connectivity index (χ2v) is 5.55. The van der Waals surface area contributed by atoms with Crippen LogP contribution < -0.4 is 0 Å². The Hall–Kier alpha value is -1.12. The highest BCUT2D eigenvalue weighted by Gasteiger charge is 2.20. The minimum atomic E-state index is -0.236. The molecule has 1 heterocycles. The van der Waals surface area contributed by atoms with Gasteiger partial charge in [0.15, 0.2) is 0 Å². The van der Waals surface area contributed by atoms with E-state index in [2.05, 4.69) is 18.9 Å². The van der Waals surface area contributed by atoms with Crippen LogP contribution in [0, 0.1) is 5.41 Å². The Morgan fingerprint density at radius 3 is 2.50 bits per heavy atom. The van der Waals surface area contributed by atoms with Crippen LogP contribution in [0.15, 0.2) is 12.3 Å². The number of aryl methyl sites for hydroxylation is 1. The van der Waals surface area contributed by atoms with Gasteiger partial charge in [-0.1, -0.05) is 20.8 Å². The van der Waals surface area contributed by atoms with Crippen LogP contribution in [-0.2, 0) is 11.2 Å². The topological polar surface area (TPSA) is 34.9 Å². The van der Waals surface area contributed by atoms with Crippen LogP contribution in [0.3, 0.4) is 0 Å². The molecule has 0 aromatic carbocycles. The Labute approximate surface area is 97.8 Å². The third-order valence-electron chi connectivity index (χ3n) is 2.64. The summed E-state index contributed by atoms with van der Waals surface area (Å²) >= 11 is 0. The van der Waals surface area contributed by atoms with E-state index in [1.807, 2.05) is 37.7 Å². The molecule has 1 rings (SSSR count). The zero-order valence-electron chi connectivity index (χ0n) is 10.9. The zero-order valence-corrected chi connectivity index (χ0v) is 10.9. The first kappa shape index (κ1) is 12.9. The van der Waals surface area contributed by atoms with Crippen molar-refractivity contribution in [3.05, 3.63) is 18.0 Å². The van der Waals surface area contributed by atoms with E-state index < -0.39 is 0 Å². The van der Waals surface area contributed by atoms with Gasteiger partial charge < -0.3 is 0 Å². The molecule has 3 heteroatoms. The van der Waals surface area contributed by atoms with Gasteiger partial charge in [0.25, 0.3) is 0 Å². The van der Waals surface area contributed by atoms with Gasteiger partial charge in [0.2, 0.25) is 0 Å². The average molecular weight is 222 g/mol. The van der Waals surface area contributed by atoms with E-state index in [0.29, 0.717) is 18.2 Å². The Morgan fingerprint density at radius 1 is 1.44 bits per heavy atom. The van der Waals surface area contributed by atoms with E-state index in [0.717, 1.165) is 12.1 Å². The van der Waals surface area contributed by atoms with E-state index in [-0.39, 0.29) is 5.41 Å². The number of carbonyl (C=O) groups is 1. The first-order valence-electron chi connectivity index (χ1n) is 5.88. The monoisotopic (exact) mass is 222 g/mol. The van der Waals surface area contributed by atoms with Crippen molar-refractivity contribution in [2.45, 2.75) is 53.5 Å². The van der Waals surface area contributed by atoms with Crippen LogP contribution in [-0.4, -0.2) is 15.6 Å². The number of hydrogen-bond donors (Lipinski definition) is 0. The van der Waals surface area contributed by atoms with Crippen molar-refractivity contribution in [1.29, 1.82) is 0 Å². The van der Waals surface area contributed by atoms with Crippen molar-refractivity contribution in [3.63, 3.8) is 0 Å². The number of Topliss-reactive ketones (excluding diaryl/α,β-unsaturated/α-hetero) is 1. The summed E-state index contributed by atoms with van der Waals surface area (Å²) in [5, 5.41) is 4.43. The summed E-state index contributed by atoms with van der Waals surface area (Å²) in [7, 11) is 0. The van der Waals surface area contributed by atoms with Crippen LogP contribution >= 0.6 is 0 Å². The molecule has 0 aliphatic rings. The van der Waals surface area contributed by atoms with Crippen LogP contribution in [0.5, 0.6) is 0 Å². The van der Waals surface area contributed by atoms with E-state index in [4.69, 9.17) is 0 Å². The number of carbonyl (C=O) groups excluding carboxylic acids is 1. The van der Waals surface area contributed by atoms with E-state index in [9.17, 15) is 4.79 Å². The molecule has 0 radical (unpaired) electrons. The predicted octanol–water partition coefficient (Wildman–Crippen LogP) is 3.01. The van der Waals surface area contributed by atoms with Crippen LogP contribution in [0.4, 0.5) is 0 Å².